The van der Waals surface area contributed by atoms with Crippen molar-refractivity contribution >= 4 is 49.6 Å². The van der Waals surface area contributed by atoms with Gasteiger partial charge in [0.1, 0.15) is 0 Å². The molecule has 2 heteroatoms. The highest BCUT2D eigenvalue weighted by atomic mass is 15.1. The van der Waals surface area contributed by atoms with E-state index in [9.17, 15) is 0 Å². The van der Waals surface area contributed by atoms with Crippen LogP contribution in [0, 0.1) is 0 Å². The lowest BCUT2D eigenvalue weighted by atomic mass is 9.74. The molecular weight excluding hydrogens is 917 g/mol. The van der Waals surface area contributed by atoms with Gasteiger partial charge in [-0.15, -0.1) is 0 Å². The Morgan fingerprint density at radius 3 is 1.66 bits per heavy atom. The van der Waals surface area contributed by atoms with Crippen molar-refractivity contribution in [3.05, 3.63) is 277 Å². The van der Waals surface area contributed by atoms with E-state index in [-0.39, 0.29) is 16.2 Å². The molecule has 0 aliphatic heterocycles. The van der Waals surface area contributed by atoms with E-state index < -0.39 is 0 Å². The Morgan fingerprint density at radius 1 is 0.382 bits per heavy atom. The maximum atomic E-state index is 2.51. The van der Waals surface area contributed by atoms with Crippen molar-refractivity contribution in [3.8, 4) is 50.2 Å². The van der Waals surface area contributed by atoms with E-state index in [1.165, 1.54) is 99.3 Å². The molecule has 1 aliphatic rings. The molecule has 13 rings (SSSR count). The summed E-state index contributed by atoms with van der Waals surface area (Å²) >= 11 is 0. The number of rotatable bonds is 8. The van der Waals surface area contributed by atoms with Crippen molar-refractivity contribution in [2.45, 2.75) is 64.7 Å². The lowest BCUT2D eigenvalue weighted by molar-refractivity contribution is 0.569. The summed E-state index contributed by atoms with van der Waals surface area (Å²) in [4.78, 5) is 2.51. The second-order valence-corrected chi connectivity index (χ2v) is 23.1. The minimum absolute atomic E-state index is 0.0211. The molecule has 1 aliphatic carbocycles. The van der Waals surface area contributed by atoms with Crippen molar-refractivity contribution < 1.29 is 0 Å². The van der Waals surface area contributed by atoms with Crippen LogP contribution in [-0.2, 0) is 16.2 Å². The van der Waals surface area contributed by atoms with Crippen LogP contribution in [-0.4, -0.2) is 4.57 Å². The highest BCUT2D eigenvalue weighted by molar-refractivity contribution is 6.14. The summed E-state index contributed by atoms with van der Waals surface area (Å²) in [6, 6.07) is 93.0. The van der Waals surface area contributed by atoms with Crippen molar-refractivity contribution in [2.75, 3.05) is 4.90 Å². The van der Waals surface area contributed by atoms with Crippen LogP contribution in [0.4, 0.5) is 17.1 Å². The molecule has 1 atom stereocenters. The number of anilines is 3. The summed E-state index contributed by atoms with van der Waals surface area (Å²) < 4.78 is 2.44. The average molecular weight is 979 g/mol. The lowest BCUT2D eigenvalue weighted by Gasteiger charge is -2.32. The molecule has 0 saturated carbocycles. The van der Waals surface area contributed by atoms with E-state index >= 15 is 0 Å². The number of hydrogen-bond donors (Lipinski definition) is 0. The fourth-order valence-electron chi connectivity index (χ4n) is 12.4. The van der Waals surface area contributed by atoms with Gasteiger partial charge in [-0.2, -0.15) is 0 Å². The van der Waals surface area contributed by atoms with E-state index in [0.29, 0.717) is 0 Å². The van der Waals surface area contributed by atoms with E-state index in [2.05, 4.69) is 307 Å². The van der Waals surface area contributed by atoms with Crippen molar-refractivity contribution in [3.63, 3.8) is 0 Å². The van der Waals surface area contributed by atoms with E-state index in [4.69, 9.17) is 0 Å². The first-order chi connectivity index (χ1) is 36.9. The molecule has 0 amide bonds. The van der Waals surface area contributed by atoms with Gasteiger partial charge in [-0.1, -0.05) is 242 Å². The van der Waals surface area contributed by atoms with Gasteiger partial charge < -0.3 is 9.47 Å². The standard InChI is InChI=1S/C74H62N2/c1-72(2,3)53-45-51(46-54(47-53)73(4,5)6)58-32-20-23-50-24-21-34-64(70(50)58)62-30-15-18-37-68(62)75(57-43-44-61-60-29-14-17-36-66(60)74(7,67(61)48-57)52-25-10-8-11-26-52)56-41-39-49(40-42-56)59-33-22-35-65-63-31-16-19-38-69(63)76(71(59)65)55-27-12-9-13-28-55/h8-48H,1-7H3. The Labute approximate surface area is 448 Å². The van der Waals surface area contributed by atoms with Gasteiger partial charge in [0.15, 0.2) is 0 Å². The molecule has 0 bridgehead atoms. The van der Waals surface area contributed by atoms with Gasteiger partial charge >= 0.3 is 0 Å². The van der Waals surface area contributed by atoms with Gasteiger partial charge in [0.05, 0.1) is 16.7 Å². The Balaban J connectivity index is 1.04. The van der Waals surface area contributed by atoms with Gasteiger partial charge in [-0.05, 0) is 138 Å². The molecule has 1 heterocycles. The molecule has 2 nitrogen and oxygen atoms in total. The van der Waals surface area contributed by atoms with E-state index in [0.717, 1.165) is 28.3 Å². The molecule has 11 aromatic carbocycles. The average Bonchev–Trinajstić information content (AvgIpc) is 4.02. The zero-order valence-electron chi connectivity index (χ0n) is 44.6. The quantitative estimate of drug-likeness (QED) is 0.147. The highest BCUT2D eigenvalue weighted by Gasteiger charge is 2.41. The second kappa shape index (κ2) is 18.0. The van der Waals surface area contributed by atoms with Gasteiger partial charge in [-0.25, -0.2) is 0 Å². The molecule has 1 aromatic heterocycles. The smallest absolute Gasteiger partial charge is 0.0619 e. The van der Waals surface area contributed by atoms with Crippen LogP contribution in [0.15, 0.2) is 249 Å². The van der Waals surface area contributed by atoms with Gasteiger partial charge in [0, 0.05) is 44.4 Å². The van der Waals surface area contributed by atoms with Crippen molar-refractivity contribution in [1.29, 1.82) is 0 Å². The minimum atomic E-state index is -0.369. The van der Waals surface area contributed by atoms with Gasteiger partial charge in [0.2, 0.25) is 0 Å². The predicted molar refractivity (Wildman–Crippen MR) is 324 cm³/mol. The third-order valence-corrected chi connectivity index (χ3v) is 16.4. The normalized spacial score (nSPS) is 14.3. The van der Waals surface area contributed by atoms with Crippen molar-refractivity contribution in [2.24, 2.45) is 0 Å². The van der Waals surface area contributed by atoms with Gasteiger partial charge in [-0.3, -0.25) is 0 Å². The summed E-state index contributed by atoms with van der Waals surface area (Å²) in [7, 11) is 0. The van der Waals surface area contributed by atoms with Crippen LogP contribution in [0.3, 0.4) is 0 Å². The summed E-state index contributed by atoms with van der Waals surface area (Å²) in [5, 5.41) is 4.96. The topological polar surface area (TPSA) is 8.17 Å². The molecule has 368 valence electrons. The highest BCUT2D eigenvalue weighted by Crippen LogP contribution is 2.55. The molecule has 0 N–H and O–H groups in total. The zero-order chi connectivity index (χ0) is 51.9. The Kier molecular flexibility index (Phi) is 11.1. The SMILES string of the molecule is CC(C)(C)c1cc(-c2cccc3cccc(-c4ccccc4N(c4ccc(-c5cccc6c7ccccc7n(-c7ccccc7)c56)cc4)c4ccc5c(c4)C(C)(c4ccccc4)c4ccccc4-5)c23)cc(C(C)(C)C)c1. The molecule has 0 radical (unpaired) electrons. The summed E-state index contributed by atoms with van der Waals surface area (Å²) in [5.41, 5.74) is 22.8. The third-order valence-electron chi connectivity index (χ3n) is 16.4. The first-order valence-electron chi connectivity index (χ1n) is 26.9. The lowest BCUT2D eigenvalue weighted by Crippen LogP contribution is -2.22. The largest absolute Gasteiger partial charge is 0.310 e. The monoisotopic (exact) mass is 978 g/mol. The molecule has 0 fully saturated rings. The fraction of sp³-hybridized carbons (Fsp3) is 0.135. The first-order valence-corrected chi connectivity index (χ1v) is 26.9. The third kappa shape index (κ3) is 7.69. The summed E-state index contributed by atoms with van der Waals surface area (Å²) in [6.07, 6.45) is 0. The van der Waals surface area contributed by atoms with E-state index in [1.54, 1.807) is 0 Å². The van der Waals surface area contributed by atoms with Crippen LogP contribution in [0.5, 0.6) is 0 Å². The Hall–Kier alpha value is -8.72. The second-order valence-electron chi connectivity index (χ2n) is 23.1. The van der Waals surface area contributed by atoms with Crippen LogP contribution in [0.25, 0.3) is 82.8 Å². The summed E-state index contributed by atoms with van der Waals surface area (Å²) in [5.74, 6) is 0. The Bertz CT molecular complexity index is 4150. The number of nitrogens with zero attached hydrogens (tertiary/aromatic N) is 2. The predicted octanol–water partition coefficient (Wildman–Crippen LogP) is 20.3. The van der Waals surface area contributed by atoms with E-state index in [1.807, 2.05) is 0 Å². The zero-order valence-corrected chi connectivity index (χ0v) is 44.6. The van der Waals surface area contributed by atoms with Crippen LogP contribution >= 0.6 is 0 Å². The molecule has 1 unspecified atom stereocenters. The first kappa shape index (κ1) is 47.0. The maximum absolute atomic E-state index is 2.51. The number of benzene rings is 11. The van der Waals surface area contributed by atoms with Crippen molar-refractivity contribution in [1.82, 2.24) is 4.57 Å². The minimum Gasteiger partial charge on any atom is -0.310 e. The molecule has 12 aromatic rings. The fourth-order valence-corrected chi connectivity index (χ4v) is 12.4. The number of fused-ring (bicyclic) bond motifs is 7. The van der Waals surface area contributed by atoms with Crippen LogP contribution < -0.4 is 4.90 Å². The number of aromatic nitrogens is 1. The van der Waals surface area contributed by atoms with Crippen LogP contribution in [0.1, 0.15) is 76.3 Å². The molecule has 0 saturated heterocycles. The van der Waals surface area contributed by atoms with Crippen LogP contribution in [0.2, 0.25) is 0 Å². The maximum Gasteiger partial charge on any atom is 0.0619 e. The van der Waals surface area contributed by atoms with Gasteiger partial charge in [0.25, 0.3) is 0 Å². The molecule has 76 heavy (non-hydrogen) atoms. The Morgan fingerprint density at radius 2 is 0.934 bits per heavy atom. The molecule has 0 spiro atoms. The summed E-state index contributed by atoms with van der Waals surface area (Å²) in [6.45, 7) is 16.4. The number of hydrogen-bond acceptors (Lipinski definition) is 1. The molecular formula is C74H62N2. The number of para-hydroxylation sites is 4.